The normalized spacial score (nSPS) is 11.6. The van der Waals surface area contributed by atoms with Gasteiger partial charge in [0, 0.05) is 24.5 Å². The second kappa shape index (κ2) is 12.7. The first-order valence-corrected chi connectivity index (χ1v) is 10.3. The first-order chi connectivity index (χ1) is 15.5. The summed E-state index contributed by atoms with van der Waals surface area (Å²) in [6, 6.07) is 21.6. The Bertz CT molecular complexity index is 962. The van der Waals surface area contributed by atoms with Gasteiger partial charge in [0.2, 0.25) is 11.8 Å². The molecule has 0 fully saturated rings. The Morgan fingerprint density at radius 1 is 0.719 bits per heavy atom. The van der Waals surface area contributed by atoms with Gasteiger partial charge >= 0.3 is 0 Å². The van der Waals surface area contributed by atoms with Gasteiger partial charge in [-0.2, -0.15) is 10.5 Å². The Kier molecular flexibility index (Phi) is 9.72. The number of anilines is 2. The second-order valence-corrected chi connectivity index (χ2v) is 7.30. The summed E-state index contributed by atoms with van der Waals surface area (Å²) >= 11 is 10.3. The van der Waals surface area contributed by atoms with Crippen molar-refractivity contribution in [3.8, 4) is 12.1 Å². The molecule has 0 aliphatic heterocycles. The molecule has 0 aromatic heterocycles. The van der Waals surface area contributed by atoms with Crippen LogP contribution in [0, 0.1) is 34.5 Å². The molecule has 2 aromatic carbocycles. The minimum absolute atomic E-state index is 0.0493. The molecule has 162 valence electrons. The smallest absolute Gasteiger partial charge is 0.244 e. The fourth-order valence-electron chi connectivity index (χ4n) is 2.52. The number of thiocarbonyl (C=S) groups is 2. The molecule has 2 atom stereocenters. The van der Waals surface area contributed by atoms with Crippen LogP contribution in [0.25, 0.3) is 0 Å². The van der Waals surface area contributed by atoms with Gasteiger partial charge in [-0.25, -0.2) is 0 Å². The lowest BCUT2D eigenvalue weighted by atomic mass is 10.1. The summed E-state index contributed by atoms with van der Waals surface area (Å²) in [6.45, 7) is 0.0987. The fourth-order valence-corrected chi connectivity index (χ4v) is 3.08. The average molecular weight is 465 g/mol. The molecule has 0 radical (unpaired) electrons. The van der Waals surface area contributed by atoms with Crippen molar-refractivity contribution in [2.24, 2.45) is 11.8 Å². The van der Waals surface area contributed by atoms with Crippen LogP contribution in [0.3, 0.4) is 0 Å². The van der Waals surface area contributed by atoms with Gasteiger partial charge in [-0.15, -0.1) is 0 Å². The van der Waals surface area contributed by atoms with Gasteiger partial charge in [0.25, 0.3) is 0 Å². The lowest BCUT2D eigenvalue weighted by molar-refractivity contribution is -0.123. The summed E-state index contributed by atoms with van der Waals surface area (Å²) in [6.07, 6.45) is 0. The molecule has 2 aromatic rings. The molecule has 0 bridgehead atoms. The van der Waals surface area contributed by atoms with Crippen LogP contribution in [-0.2, 0) is 9.59 Å². The molecule has 0 aliphatic rings. The molecule has 10 heteroatoms. The number of rotatable bonds is 9. The predicted molar refractivity (Wildman–Crippen MR) is 130 cm³/mol. The molecule has 2 rings (SSSR count). The summed E-state index contributed by atoms with van der Waals surface area (Å²) in [4.78, 5) is 24.7. The van der Waals surface area contributed by atoms with E-state index in [0.717, 1.165) is 0 Å². The molecule has 2 amide bonds. The Morgan fingerprint density at radius 2 is 1.06 bits per heavy atom. The van der Waals surface area contributed by atoms with Gasteiger partial charge in [0.1, 0.15) is 9.98 Å². The highest BCUT2D eigenvalue weighted by atomic mass is 32.1. The van der Waals surface area contributed by atoms with Crippen molar-refractivity contribution in [1.29, 1.82) is 10.5 Å². The van der Waals surface area contributed by atoms with Crippen molar-refractivity contribution in [3.05, 3.63) is 60.7 Å². The monoisotopic (exact) mass is 464 g/mol. The van der Waals surface area contributed by atoms with Crippen molar-refractivity contribution in [3.63, 3.8) is 0 Å². The maximum Gasteiger partial charge on any atom is 0.244 e. The summed E-state index contributed by atoms with van der Waals surface area (Å²) in [5, 5.41) is 29.4. The van der Waals surface area contributed by atoms with E-state index < -0.39 is 23.7 Å². The summed E-state index contributed by atoms with van der Waals surface area (Å²) in [5.74, 6) is -3.55. The number of amides is 2. The number of carbonyl (C=O) groups excluding carboxylic acids is 2. The zero-order chi connectivity index (χ0) is 23.3. The zero-order valence-corrected chi connectivity index (χ0v) is 18.5. The number of benzene rings is 2. The van der Waals surface area contributed by atoms with Gasteiger partial charge in [0.15, 0.2) is 11.8 Å². The molecule has 0 saturated heterocycles. The summed E-state index contributed by atoms with van der Waals surface area (Å²) in [7, 11) is 0. The third-order valence-corrected chi connectivity index (χ3v) is 4.79. The molecule has 0 heterocycles. The van der Waals surface area contributed by atoms with E-state index in [9.17, 15) is 20.1 Å². The lowest BCUT2D eigenvalue weighted by Gasteiger charge is -2.15. The van der Waals surface area contributed by atoms with E-state index in [1.807, 2.05) is 24.3 Å². The zero-order valence-electron chi connectivity index (χ0n) is 16.9. The van der Waals surface area contributed by atoms with Gasteiger partial charge in [-0.05, 0) is 24.3 Å². The number of hydrogen-bond acceptors (Lipinski definition) is 6. The van der Waals surface area contributed by atoms with Crippen LogP contribution >= 0.6 is 24.4 Å². The van der Waals surface area contributed by atoms with Crippen LogP contribution in [0.5, 0.6) is 0 Å². The largest absolute Gasteiger partial charge is 0.353 e. The van der Waals surface area contributed by atoms with Crippen molar-refractivity contribution in [1.82, 2.24) is 10.6 Å². The molecular formula is C22H20N6O2S2. The first-order valence-electron chi connectivity index (χ1n) is 9.52. The van der Waals surface area contributed by atoms with Crippen molar-refractivity contribution in [2.75, 3.05) is 23.7 Å². The Hall–Kier alpha value is -3.86. The Morgan fingerprint density at radius 3 is 1.38 bits per heavy atom. The van der Waals surface area contributed by atoms with Gasteiger partial charge < -0.3 is 21.3 Å². The van der Waals surface area contributed by atoms with Gasteiger partial charge in [-0.1, -0.05) is 60.8 Å². The van der Waals surface area contributed by atoms with Crippen molar-refractivity contribution >= 4 is 57.6 Å². The van der Waals surface area contributed by atoms with Crippen LogP contribution in [0.15, 0.2) is 60.7 Å². The minimum Gasteiger partial charge on any atom is -0.353 e. The van der Waals surface area contributed by atoms with E-state index >= 15 is 0 Å². The Labute approximate surface area is 196 Å². The van der Waals surface area contributed by atoms with E-state index in [4.69, 9.17) is 24.4 Å². The number of nitriles is 2. The second-order valence-electron chi connectivity index (χ2n) is 6.42. The summed E-state index contributed by atoms with van der Waals surface area (Å²) < 4.78 is 0. The summed E-state index contributed by atoms with van der Waals surface area (Å²) in [5.41, 5.74) is 1.33. The SMILES string of the molecule is N#C[C@H](C(=O)NCCNC(=O)[C@@H](C#N)C(=S)Nc1ccccc1)C(=S)Nc1ccccc1. The Balaban J connectivity index is 1.79. The van der Waals surface area contributed by atoms with E-state index in [2.05, 4.69) is 21.3 Å². The predicted octanol–water partition coefficient (Wildman–Crippen LogP) is 2.38. The standard InChI is InChI=1S/C22H20N6O2S2/c23-13-17(21(31)27-15-7-3-1-4-8-15)19(29)25-11-12-26-20(30)18(14-24)22(32)28-16-9-5-2-6-10-16/h1-10,17-18H,11-12H2,(H,25,29)(H,26,30)(H,27,31)(H,28,32)/t17-,18-/m1/s1. The number of hydrogen-bond donors (Lipinski definition) is 4. The molecule has 0 saturated carbocycles. The number of para-hydroxylation sites is 2. The van der Waals surface area contributed by atoms with Gasteiger partial charge in [0.05, 0.1) is 12.1 Å². The van der Waals surface area contributed by atoms with E-state index in [1.54, 1.807) is 48.5 Å². The highest BCUT2D eigenvalue weighted by Gasteiger charge is 2.24. The van der Waals surface area contributed by atoms with Crippen LogP contribution in [0.1, 0.15) is 0 Å². The third-order valence-electron chi connectivity index (χ3n) is 4.11. The van der Waals surface area contributed by atoms with E-state index in [1.165, 1.54) is 0 Å². The van der Waals surface area contributed by atoms with E-state index in [0.29, 0.717) is 11.4 Å². The number of nitrogens with one attached hydrogen (secondary N) is 4. The topological polar surface area (TPSA) is 130 Å². The number of nitrogens with zero attached hydrogens (tertiary/aromatic N) is 2. The first kappa shape index (κ1) is 24.4. The maximum atomic E-state index is 12.3. The van der Waals surface area contributed by atoms with Crippen LogP contribution in [0.4, 0.5) is 11.4 Å². The average Bonchev–Trinajstić information content (AvgIpc) is 2.79. The minimum atomic E-state index is -1.18. The van der Waals surface area contributed by atoms with Gasteiger partial charge in [-0.3, -0.25) is 9.59 Å². The molecule has 8 nitrogen and oxygen atoms in total. The van der Waals surface area contributed by atoms with Crippen molar-refractivity contribution in [2.45, 2.75) is 0 Å². The van der Waals surface area contributed by atoms with Crippen molar-refractivity contribution < 1.29 is 9.59 Å². The van der Waals surface area contributed by atoms with E-state index in [-0.39, 0.29) is 23.1 Å². The molecule has 32 heavy (non-hydrogen) atoms. The van der Waals surface area contributed by atoms with Crippen LogP contribution in [-0.4, -0.2) is 34.9 Å². The maximum absolute atomic E-state index is 12.3. The highest BCUT2D eigenvalue weighted by molar-refractivity contribution is 7.81. The molecule has 0 aliphatic carbocycles. The fraction of sp³-hybridized carbons (Fsp3) is 0.182. The third kappa shape index (κ3) is 7.43. The lowest BCUT2D eigenvalue weighted by Crippen LogP contribution is -2.43. The molecule has 0 spiro atoms. The molecule has 0 unspecified atom stereocenters. The molecule has 4 N–H and O–H groups in total. The van der Waals surface area contributed by atoms with Crippen LogP contribution in [0.2, 0.25) is 0 Å². The number of carbonyl (C=O) groups is 2. The quantitative estimate of drug-likeness (QED) is 0.329. The molecular weight excluding hydrogens is 444 g/mol. The highest BCUT2D eigenvalue weighted by Crippen LogP contribution is 2.10. The van der Waals surface area contributed by atoms with Crippen LogP contribution < -0.4 is 21.3 Å².